The highest BCUT2D eigenvalue weighted by Gasteiger charge is 2.22. The van der Waals surface area contributed by atoms with Crippen LogP contribution in [0.25, 0.3) is 0 Å². The topological polar surface area (TPSA) is 84.5 Å². The molecule has 0 saturated carbocycles. The zero-order valence-electron chi connectivity index (χ0n) is 17.1. The third-order valence-corrected chi connectivity index (χ3v) is 6.45. The summed E-state index contributed by atoms with van der Waals surface area (Å²) in [6, 6.07) is 18.6. The Balaban J connectivity index is 1.84. The molecule has 3 rings (SSSR count). The predicted octanol–water partition coefficient (Wildman–Crippen LogP) is 4.20. The van der Waals surface area contributed by atoms with Gasteiger partial charge in [-0.25, -0.2) is 8.42 Å². The number of hydrogen-bond donors (Lipinski definition) is 2. The van der Waals surface area contributed by atoms with Crippen LogP contribution < -0.4 is 15.4 Å². The minimum absolute atomic E-state index is 0.0487. The van der Waals surface area contributed by atoms with Crippen LogP contribution in [0.3, 0.4) is 0 Å². The molecule has 3 aromatic carbocycles. The van der Waals surface area contributed by atoms with Crippen LogP contribution in [0.15, 0.2) is 76.5 Å². The second-order valence-electron chi connectivity index (χ2n) is 6.90. The molecule has 0 aliphatic heterocycles. The van der Waals surface area contributed by atoms with Crippen molar-refractivity contribution in [2.24, 2.45) is 0 Å². The third kappa shape index (κ3) is 4.80. The molecular formula is C23H24N2O4S. The Bertz CT molecular complexity index is 1160. The molecule has 0 atom stereocenters. The number of rotatable bonds is 7. The average molecular weight is 425 g/mol. The lowest BCUT2D eigenvalue weighted by Gasteiger charge is -2.15. The highest BCUT2D eigenvalue weighted by Crippen LogP contribution is 2.31. The van der Waals surface area contributed by atoms with E-state index >= 15 is 0 Å². The van der Waals surface area contributed by atoms with E-state index in [2.05, 4.69) is 10.6 Å². The number of aryl methyl sites for hydroxylation is 2. The van der Waals surface area contributed by atoms with Crippen molar-refractivity contribution in [2.45, 2.75) is 23.6 Å². The maximum atomic E-state index is 13.1. The number of anilines is 2. The van der Waals surface area contributed by atoms with E-state index in [4.69, 9.17) is 4.74 Å². The van der Waals surface area contributed by atoms with Gasteiger partial charge in [-0.3, -0.25) is 4.79 Å². The second kappa shape index (κ2) is 9.00. The lowest BCUT2D eigenvalue weighted by molar-refractivity contribution is -0.114. The summed E-state index contributed by atoms with van der Waals surface area (Å²) in [5.74, 6) is 0.137. The van der Waals surface area contributed by atoms with Crippen molar-refractivity contribution >= 4 is 27.1 Å². The highest BCUT2D eigenvalue weighted by molar-refractivity contribution is 7.91. The molecule has 2 N–H and O–H groups in total. The van der Waals surface area contributed by atoms with E-state index in [1.807, 2.05) is 32.0 Å². The van der Waals surface area contributed by atoms with Crippen LogP contribution in [0, 0.1) is 13.8 Å². The Kier molecular flexibility index (Phi) is 6.42. The van der Waals surface area contributed by atoms with E-state index < -0.39 is 9.84 Å². The lowest BCUT2D eigenvalue weighted by atomic mass is 10.1. The van der Waals surface area contributed by atoms with Crippen molar-refractivity contribution in [1.29, 1.82) is 0 Å². The molecule has 0 aliphatic carbocycles. The molecule has 7 heteroatoms. The molecule has 0 aromatic heterocycles. The number of amides is 1. The number of hydrogen-bond acceptors (Lipinski definition) is 5. The lowest BCUT2D eigenvalue weighted by Crippen LogP contribution is -2.23. The van der Waals surface area contributed by atoms with Crippen LogP contribution in [0.4, 0.5) is 11.4 Å². The molecule has 0 spiro atoms. The van der Waals surface area contributed by atoms with E-state index in [-0.39, 0.29) is 22.2 Å². The summed E-state index contributed by atoms with van der Waals surface area (Å²) in [5.41, 5.74) is 3.05. The average Bonchev–Trinajstić information content (AvgIpc) is 2.75. The van der Waals surface area contributed by atoms with Crippen LogP contribution in [0.1, 0.15) is 11.1 Å². The van der Waals surface area contributed by atoms with Crippen LogP contribution >= 0.6 is 0 Å². The van der Waals surface area contributed by atoms with Gasteiger partial charge in [0.1, 0.15) is 5.75 Å². The fourth-order valence-electron chi connectivity index (χ4n) is 2.97. The van der Waals surface area contributed by atoms with Crippen LogP contribution in [-0.2, 0) is 14.6 Å². The molecule has 0 radical (unpaired) electrons. The zero-order valence-corrected chi connectivity index (χ0v) is 17.9. The Hall–Kier alpha value is -3.32. The van der Waals surface area contributed by atoms with Gasteiger partial charge in [0.25, 0.3) is 0 Å². The summed E-state index contributed by atoms with van der Waals surface area (Å²) in [4.78, 5) is 12.7. The van der Waals surface area contributed by atoms with Crippen molar-refractivity contribution in [1.82, 2.24) is 0 Å². The Morgan fingerprint density at radius 3 is 2.37 bits per heavy atom. The fourth-order valence-corrected chi connectivity index (χ4v) is 4.44. The second-order valence-corrected chi connectivity index (χ2v) is 8.82. The minimum Gasteiger partial charge on any atom is -0.497 e. The van der Waals surface area contributed by atoms with Crippen LogP contribution in [-0.4, -0.2) is 28.0 Å². The van der Waals surface area contributed by atoms with Gasteiger partial charge in [-0.1, -0.05) is 30.3 Å². The molecule has 0 unspecified atom stereocenters. The summed E-state index contributed by atoms with van der Waals surface area (Å²) in [7, 11) is -2.32. The highest BCUT2D eigenvalue weighted by atomic mass is 32.2. The van der Waals surface area contributed by atoms with Gasteiger partial charge in [0, 0.05) is 11.8 Å². The van der Waals surface area contributed by atoms with Crippen molar-refractivity contribution < 1.29 is 17.9 Å². The first-order valence-corrected chi connectivity index (χ1v) is 10.9. The van der Waals surface area contributed by atoms with Crippen molar-refractivity contribution in [3.05, 3.63) is 77.9 Å². The van der Waals surface area contributed by atoms with Crippen LogP contribution in [0.5, 0.6) is 5.75 Å². The van der Waals surface area contributed by atoms with Gasteiger partial charge in [0.05, 0.1) is 29.1 Å². The number of methoxy groups -OCH3 is 1. The van der Waals surface area contributed by atoms with Gasteiger partial charge in [-0.05, 0) is 55.3 Å². The summed E-state index contributed by atoms with van der Waals surface area (Å²) in [6.07, 6.45) is 0. The van der Waals surface area contributed by atoms with Gasteiger partial charge in [-0.2, -0.15) is 0 Å². The quantitative estimate of drug-likeness (QED) is 0.594. The molecule has 1 amide bonds. The van der Waals surface area contributed by atoms with E-state index in [1.54, 1.807) is 30.3 Å². The Labute approximate surface area is 176 Å². The van der Waals surface area contributed by atoms with Crippen LogP contribution in [0.2, 0.25) is 0 Å². The molecule has 3 aromatic rings. The summed E-state index contributed by atoms with van der Waals surface area (Å²) in [5, 5.41) is 5.81. The van der Waals surface area contributed by atoms with Crippen molar-refractivity contribution in [2.75, 3.05) is 24.3 Å². The molecule has 0 fully saturated rings. The number of nitrogens with one attached hydrogen (secondary N) is 2. The van der Waals surface area contributed by atoms with E-state index in [9.17, 15) is 13.2 Å². The maximum absolute atomic E-state index is 13.1. The van der Waals surface area contributed by atoms with Gasteiger partial charge in [0.15, 0.2) is 0 Å². The summed E-state index contributed by atoms with van der Waals surface area (Å²) < 4.78 is 31.5. The third-order valence-electron chi connectivity index (χ3n) is 4.64. The maximum Gasteiger partial charge on any atom is 0.243 e. The molecule has 30 heavy (non-hydrogen) atoms. The monoisotopic (exact) mass is 424 g/mol. The minimum atomic E-state index is -3.80. The normalized spacial score (nSPS) is 11.0. The molecule has 6 nitrogen and oxygen atoms in total. The number of sulfone groups is 1. The Morgan fingerprint density at radius 2 is 1.67 bits per heavy atom. The summed E-state index contributed by atoms with van der Waals surface area (Å²) in [6.45, 7) is 3.78. The molecular weight excluding hydrogens is 400 g/mol. The smallest absolute Gasteiger partial charge is 0.243 e. The zero-order chi connectivity index (χ0) is 21.7. The first kappa shape index (κ1) is 21.4. The summed E-state index contributed by atoms with van der Waals surface area (Å²) >= 11 is 0. The van der Waals surface area contributed by atoms with Gasteiger partial charge in [0.2, 0.25) is 15.7 Å². The van der Waals surface area contributed by atoms with E-state index in [0.29, 0.717) is 11.4 Å². The number of benzene rings is 3. The standard InChI is InChI=1S/C23H24N2O4S/c1-16-9-10-17(2)21(13-16)25-23(26)15-24-20-12-11-18(29-3)14-22(20)30(27,28)19-7-5-4-6-8-19/h4-14,24H,15H2,1-3H3,(H,25,26). The molecule has 156 valence electrons. The van der Waals surface area contributed by atoms with Gasteiger partial charge < -0.3 is 15.4 Å². The number of carbonyl (C=O) groups is 1. The molecule has 0 heterocycles. The molecule has 0 aliphatic rings. The van der Waals surface area contributed by atoms with Gasteiger partial charge in [-0.15, -0.1) is 0 Å². The Morgan fingerprint density at radius 1 is 0.933 bits per heavy atom. The largest absolute Gasteiger partial charge is 0.497 e. The number of ether oxygens (including phenoxy) is 1. The number of carbonyl (C=O) groups excluding carboxylic acids is 1. The molecule has 0 bridgehead atoms. The SMILES string of the molecule is COc1ccc(NCC(=O)Nc2cc(C)ccc2C)c(S(=O)(=O)c2ccccc2)c1. The van der Waals surface area contributed by atoms with E-state index in [1.165, 1.54) is 25.3 Å². The van der Waals surface area contributed by atoms with E-state index in [0.717, 1.165) is 16.8 Å². The fraction of sp³-hybridized carbons (Fsp3) is 0.174. The molecule has 0 saturated heterocycles. The van der Waals surface area contributed by atoms with Crippen molar-refractivity contribution in [3.63, 3.8) is 0 Å². The van der Waals surface area contributed by atoms with Gasteiger partial charge >= 0.3 is 0 Å². The predicted molar refractivity (Wildman–Crippen MR) is 118 cm³/mol. The van der Waals surface area contributed by atoms with Crippen molar-refractivity contribution in [3.8, 4) is 5.75 Å². The first-order valence-electron chi connectivity index (χ1n) is 9.40. The first-order chi connectivity index (χ1) is 14.3.